The number of piperazine rings is 1. The van der Waals surface area contributed by atoms with Crippen LogP contribution in [0.15, 0.2) is 42.7 Å². The molecule has 2 aromatic rings. The third-order valence-electron chi connectivity index (χ3n) is 5.03. The number of carbonyl (C=O) groups excluding carboxylic acids is 3. The Hall–Kier alpha value is -3.49. The quantitative estimate of drug-likeness (QED) is 0.409. The van der Waals surface area contributed by atoms with E-state index in [-0.39, 0.29) is 31.1 Å². The van der Waals surface area contributed by atoms with E-state index in [2.05, 4.69) is 9.97 Å². The van der Waals surface area contributed by atoms with Gasteiger partial charge >= 0.3 is 5.97 Å². The minimum absolute atomic E-state index is 0.0257. The van der Waals surface area contributed by atoms with Crippen molar-refractivity contribution < 1.29 is 23.9 Å². The average Bonchev–Trinajstić information content (AvgIpc) is 2.85. The zero-order valence-electron chi connectivity index (χ0n) is 18.2. The zero-order chi connectivity index (χ0) is 22.8. The molecule has 0 atom stereocenters. The molecule has 1 saturated heterocycles. The molecule has 0 aliphatic carbocycles. The molecule has 0 radical (unpaired) electrons. The number of rotatable bonds is 10. The van der Waals surface area contributed by atoms with E-state index in [1.54, 1.807) is 47.6 Å². The highest BCUT2D eigenvalue weighted by Crippen LogP contribution is 2.15. The van der Waals surface area contributed by atoms with Crippen molar-refractivity contribution in [3.05, 3.63) is 48.3 Å². The Morgan fingerprint density at radius 1 is 0.969 bits per heavy atom. The van der Waals surface area contributed by atoms with E-state index in [0.29, 0.717) is 50.0 Å². The summed E-state index contributed by atoms with van der Waals surface area (Å²) < 4.78 is 10.6. The number of aromatic nitrogens is 2. The number of ether oxygens (including phenoxy) is 2. The second-order valence-electron chi connectivity index (χ2n) is 7.37. The Morgan fingerprint density at radius 3 is 2.31 bits per heavy atom. The van der Waals surface area contributed by atoms with E-state index >= 15 is 0 Å². The second kappa shape index (κ2) is 11.8. The number of Topliss-reactive ketones (excluding diaryl/α,β-unsaturated/α-hetero) is 1. The van der Waals surface area contributed by atoms with Crippen molar-refractivity contribution in [2.24, 2.45) is 0 Å². The highest BCUT2D eigenvalue weighted by Gasteiger charge is 2.23. The van der Waals surface area contributed by atoms with Crippen LogP contribution in [-0.4, -0.2) is 71.9 Å². The molecule has 1 amide bonds. The maximum Gasteiger partial charge on any atom is 0.306 e. The van der Waals surface area contributed by atoms with Crippen molar-refractivity contribution in [2.45, 2.75) is 26.2 Å². The highest BCUT2D eigenvalue weighted by molar-refractivity contribution is 5.97. The number of ketones is 1. The molecule has 1 aliphatic heterocycles. The molecule has 170 valence electrons. The summed E-state index contributed by atoms with van der Waals surface area (Å²) in [5, 5.41) is 0. The standard InChI is InChI=1S/C23H28N4O5/c1-2-16-31-19-6-4-18(5-7-19)20(28)8-9-22(30)32-17-21(29)26-12-14-27(15-13-26)23-24-10-3-11-25-23/h3-7,10-11H,2,8-9,12-17H2,1H3. The normalized spacial score (nSPS) is 13.5. The molecule has 9 nitrogen and oxygen atoms in total. The van der Waals surface area contributed by atoms with Gasteiger partial charge in [-0.05, 0) is 36.8 Å². The summed E-state index contributed by atoms with van der Waals surface area (Å²) in [6.07, 6.45) is 4.23. The summed E-state index contributed by atoms with van der Waals surface area (Å²) in [7, 11) is 0. The van der Waals surface area contributed by atoms with Crippen molar-refractivity contribution in [1.29, 1.82) is 0 Å². The first-order valence-corrected chi connectivity index (χ1v) is 10.8. The van der Waals surface area contributed by atoms with Gasteiger partial charge in [0, 0.05) is 50.6 Å². The van der Waals surface area contributed by atoms with Gasteiger partial charge in [-0.2, -0.15) is 0 Å². The van der Waals surface area contributed by atoms with Gasteiger partial charge in [0.25, 0.3) is 5.91 Å². The molecule has 1 aliphatic rings. The van der Waals surface area contributed by atoms with E-state index < -0.39 is 5.97 Å². The second-order valence-corrected chi connectivity index (χ2v) is 7.37. The molecule has 1 aromatic heterocycles. The topological polar surface area (TPSA) is 102 Å². The molecular formula is C23H28N4O5. The molecule has 0 spiro atoms. The Labute approximate surface area is 187 Å². The summed E-state index contributed by atoms with van der Waals surface area (Å²) in [6, 6.07) is 8.60. The first kappa shape index (κ1) is 23.2. The van der Waals surface area contributed by atoms with Crippen molar-refractivity contribution in [2.75, 3.05) is 44.3 Å². The number of hydrogen-bond acceptors (Lipinski definition) is 8. The molecule has 1 aromatic carbocycles. The fourth-order valence-electron chi connectivity index (χ4n) is 3.23. The van der Waals surface area contributed by atoms with Gasteiger partial charge in [0.1, 0.15) is 5.75 Å². The number of hydrogen-bond donors (Lipinski definition) is 0. The van der Waals surface area contributed by atoms with Gasteiger partial charge in [-0.15, -0.1) is 0 Å². The van der Waals surface area contributed by atoms with Crippen LogP contribution >= 0.6 is 0 Å². The van der Waals surface area contributed by atoms with E-state index in [0.717, 1.165) is 6.42 Å². The molecule has 3 rings (SSSR count). The van der Waals surface area contributed by atoms with Gasteiger partial charge < -0.3 is 19.3 Å². The number of carbonyl (C=O) groups is 3. The number of anilines is 1. The lowest BCUT2D eigenvalue weighted by molar-refractivity contribution is -0.152. The van der Waals surface area contributed by atoms with E-state index in [1.165, 1.54) is 0 Å². The average molecular weight is 441 g/mol. The van der Waals surface area contributed by atoms with Crippen molar-refractivity contribution >= 4 is 23.6 Å². The fraction of sp³-hybridized carbons (Fsp3) is 0.435. The number of amides is 1. The van der Waals surface area contributed by atoms with Crippen LogP contribution in [0.1, 0.15) is 36.5 Å². The third-order valence-corrected chi connectivity index (χ3v) is 5.03. The minimum Gasteiger partial charge on any atom is -0.494 e. The van der Waals surface area contributed by atoms with Crippen LogP contribution < -0.4 is 9.64 Å². The number of benzene rings is 1. The first-order chi connectivity index (χ1) is 15.6. The molecule has 1 fully saturated rings. The van der Waals surface area contributed by atoms with Gasteiger partial charge in [0.05, 0.1) is 13.0 Å². The lowest BCUT2D eigenvalue weighted by Gasteiger charge is -2.34. The van der Waals surface area contributed by atoms with Gasteiger partial charge in [0.15, 0.2) is 12.4 Å². The monoisotopic (exact) mass is 440 g/mol. The van der Waals surface area contributed by atoms with Crippen LogP contribution in [0.25, 0.3) is 0 Å². The van der Waals surface area contributed by atoms with Crippen LogP contribution in [0.4, 0.5) is 5.95 Å². The first-order valence-electron chi connectivity index (χ1n) is 10.8. The molecule has 0 bridgehead atoms. The maximum absolute atomic E-state index is 12.3. The predicted molar refractivity (Wildman–Crippen MR) is 118 cm³/mol. The van der Waals surface area contributed by atoms with Gasteiger partial charge in [-0.3, -0.25) is 14.4 Å². The summed E-state index contributed by atoms with van der Waals surface area (Å²) >= 11 is 0. The van der Waals surface area contributed by atoms with Crippen molar-refractivity contribution in [1.82, 2.24) is 14.9 Å². The Morgan fingerprint density at radius 2 is 1.66 bits per heavy atom. The molecule has 2 heterocycles. The highest BCUT2D eigenvalue weighted by atomic mass is 16.5. The zero-order valence-corrected chi connectivity index (χ0v) is 18.2. The van der Waals surface area contributed by atoms with E-state index in [9.17, 15) is 14.4 Å². The smallest absolute Gasteiger partial charge is 0.306 e. The molecule has 0 unspecified atom stereocenters. The van der Waals surface area contributed by atoms with Crippen molar-refractivity contribution in [3.8, 4) is 5.75 Å². The lowest BCUT2D eigenvalue weighted by atomic mass is 10.1. The molecular weight excluding hydrogens is 412 g/mol. The molecule has 32 heavy (non-hydrogen) atoms. The predicted octanol–water partition coefficient (Wildman–Crippen LogP) is 2.12. The summed E-state index contributed by atoms with van der Waals surface area (Å²) in [6.45, 7) is 4.55. The Bertz CT molecular complexity index is 896. The van der Waals surface area contributed by atoms with Gasteiger partial charge in [0.2, 0.25) is 5.95 Å². The van der Waals surface area contributed by atoms with Crippen molar-refractivity contribution in [3.63, 3.8) is 0 Å². The Balaban J connectivity index is 1.35. The van der Waals surface area contributed by atoms with Crippen LogP contribution in [0.5, 0.6) is 5.75 Å². The molecule has 0 N–H and O–H groups in total. The molecule has 0 saturated carbocycles. The maximum atomic E-state index is 12.3. The van der Waals surface area contributed by atoms with Gasteiger partial charge in [-0.1, -0.05) is 6.92 Å². The minimum atomic E-state index is -0.564. The number of esters is 1. The number of nitrogens with zero attached hydrogens (tertiary/aromatic N) is 4. The third kappa shape index (κ3) is 6.76. The summed E-state index contributed by atoms with van der Waals surface area (Å²) in [5.74, 6) is 0.374. The van der Waals surface area contributed by atoms with Crippen LogP contribution in [0.3, 0.4) is 0 Å². The Kier molecular flexibility index (Phi) is 8.53. The van der Waals surface area contributed by atoms with Crippen LogP contribution in [-0.2, 0) is 14.3 Å². The van der Waals surface area contributed by atoms with E-state index in [4.69, 9.17) is 9.47 Å². The molecule has 9 heteroatoms. The van der Waals surface area contributed by atoms with Gasteiger partial charge in [-0.25, -0.2) is 9.97 Å². The summed E-state index contributed by atoms with van der Waals surface area (Å²) in [5.41, 5.74) is 0.512. The SMILES string of the molecule is CCCOc1ccc(C(=O)CCC(=O)OCC(=O)N2CCN(c3ncccn3)CC2)cc1. The fourth-order valence-corrected chi connectivity index (χ4v) is 3.23. The van der Waals surface area contributed by atoms with Crippen LogP contribution in [0.2, 0.25) is 0 Å². The van der Waals surface area contributed by atoms with Crippen LogP contribution in [0, 0.1) is 0 Å². The summed E-state index contributed by atoms with van der Waals surface area (Å²) in [4.78, 5) is 48.7. The lowest BCUT2D eigenvalue weighted by Crippen LogP contribution is -2.50. The van der Waals surface area contributed by atoms with E-state index in [1.807, 2.05) is 11.8 Å². The largest absolute Gasteiger partial charge is 0.494 e.